The van der Waals surface area contributed by atoms with E-state index in [1.807, 2.05) is 73.9 Å². The lowest BCUT2D eigenvalue weighted by molar-refractivity contribution is 0.184. The lowest BCUT2D eigenvalue weighted by atomic mass is 9.98. The molecule has 0 aliphatic carbocycles. The quantitative estimate of drug-likeness (QED) is 0.321. The minimum atomic E-state index is -0.358. The first-order valence-corrected chi connectivity index (χ1v) is 12.5. The number of nitrogens with one attached hydrogen (secondary N) is 1. The summed E-state index contributed by atoms with van der Waals surface area (Å²) in [5, 5.41) is 14.3. The number of nitrogens with zero attached hydrogens (tertiary/aromatic N) is 7. The van der Waals surface area contributed by atoms with Gasteiger partial charge < -0.3 is 9.30 Å². The molecule has 11 nitrogen and oxygen atoms in total. The molecule has 38 heavy (non-hydrogen) atoms. The second-order valence-corrected chi connectivity index (χ2v) is 9.65. The summed E-state index contributed by atoms with van der Waals surface area (Å²) in [7, 11) is 1.55. The van der Waals surface area contributed by atoms with E-state index in [-0.39, 0.29) is 30.3 Å². The lowest BCUT2D eigenvalue weighted by Gasteiger charge is -2.14. The van der Waals surface area contributed by atoms with Crippen molar-refractivity contribution in [3.05, 3.63) is 80.8 Å². The molecule has 1 N–H and O–H groups in total. The molecule has 0 aliphatic heterocycles. The van der Waals surface area contributed by atoms with Gasteiger partial charge in [-0.2, -0.15) is 0 Å². The van der Waals surface area contributed by atoms with Crippen molar-refractivity contribution in [1.29, 1.82) is 0 Å². The van der Waals surface area contributed by atoms with Crippen LogP contribution < -0.4 is 11.2 Å². The predicted octanol–water partition coefficient (Wildman–Crippen LogP) is 2.87. The maximum absolute atomic E-state index is 13.5. The molecule has 0 fully saturated rings. The summed E-state index contributed by atoms with van der Waals surface area (Å²) in [6.45, 7) is 7.28. The van der Waals surface area contributed by atoms with Gasteiger partial charge in [-0.25, -0.2) is 14.9 Å². The minimum absolute atomic E-state index is 0.182. The molecule has 11 heteroatoms. The summed E-state index contributed by atoms with van der Waals surface area (Å²) in [5.74, 6) is 1.48. The van der Waals surface area contributed by atoms with Gasteiger partial charge in [-0.05, 0) is 40.0 Å². The minimum Gasteiger partial charge on any atom is -0.383 e. The summed E-state index contributed by atoms with van der Waals surface area (Å²) in [5.41, 5.74) is 4.05. The molecule has 3 aromatic heterocycles. The molecule has 0 atom stereocenters. The van der Waals surface area contributed by atoms with Crippen molar-refractivity contribution in [3.8, 4) is 22.5 Å². The highest BCUT2D eigenvalue weighted by atomic mass is 16.5. The second-order valence-electron chi connectivity index (χ2n) is 9.65. The van der Waals surface area contributed by atoms with Gasteiger partial charge in [-0.1, -0.05) is 62.4 Å². The van der Waals surface area contributed by atoms with Crippen molar-refractivity contribution in [1.82, 2.24) is 39.3 Å². The Bertz CT molecular complexity index is 1680. The zero-order chi connectivity index (χ0) is 26.8. The highest BCUT2D eigenvalue weighted by Crippen LogP contribution is 2.30. The van der Waals surface area contributed by atoms with Gasteiger partial charge in [0.05, 0.1) is 13.2 Å². The normalized spacial score (nSPS) is 11.6. The van der Waals surface area contributed by atoms with Gasteiger partial charge >= 0.3 is 5.69 Å². The standard InChI is InChI=1S/C27H30N8O3/c1-17(2)15-35-25-23(26(36)33(27(35)37)13-14-38-4)34(18(3)28-25)16-19-9-11-20(12-10-19)21-7-5-6-8-22(21)24-29-31-32-30-24/h5-12,17H,13-16H2,1-4H3,(H,29,30,31,32). The Morgan fingerprint density at radius 3 is 2.37 bits per heavy atom. The van der Waals surface area contributed by atoms with E-state index < -0.39 is 0 Å². The summed E-state index contributed by atoms with van der Waals surface area (Å²) >= 11 is 0. The number of fused-ring (bicyclic) bond motifs is 1. The number of hydrogen-bond acceptors (Lipinski definition) is 7. The van der Waals surface area contributed by atoms with E-state index in [1.54, 1.807) is 11.7 Å². The molecule has 3 heterocycles. The van der Waals surface area contributed by atoms with Crippen molar-refractivity contribution in [2.45, 2.75) is 40.4 Å². The van der Waals surface area contributed by atoms with E-state index in [9.17, 15) is 9.59 Å². The monoisotopic (exact) mass is 514 g/mol. The molecule has 0 unspecified atom stereocenters. The fourth-order valence-electron chi connectivity index (χ4n) is 4.69. The van der Waals surface area contributed by atoms with Crippen LogP contribution in [0.2, 0.25) is 0 Å². The van der Waals surface area contributed by atoms with Crippen LogP contribution in [0.1, 0.15) is 25.2 Å². The number of aryl methyl sites for hydroxylation is 1. The molecule has 5 aromatic rings. The number of H-pyrrole nitrogens is 1. The molecule has 0 bridgehead atoms. The SMILES string of the molecule is COCCn1c(=O)c2c(nc(C)n2Cc2ccc(-c3ccccc3-c3nnn[nH]3)cc2)n(CC(C)C)c1=O. The number of benzene rings is 2. The summed E-state index contributed by atoms with van der Waals surface area (Å²) in [6, 6.07) is 16.1. The largest absolute Gasteiger partial charge is 0.383 e. The zero-order valence-electron chi connectivity index (χ0n) is 21.9. The molecule has 0 spiro atoms. The van der Waals surface area contributed by atoms with E-state index in [2.05, 4.69) is 25.6 Å². The van der Waals surface area contributed by atoms with E-state index >= 15 is 0 Å². The molecule has 0 saturated heterocycles. The van der Waals surface area contributed by atoms with Crippen LogP contribution in [0.3, 0.4) is 0 Å². The van der Waals surface area contributed by atoms with Crippen LogP contribution in [0, 0.1) is 12.8 Å². The van der Waals surface area contributed by atoms with Crippen LogP contribution in [0.25, 0.3) is 33.7 Å². The van der Waals surface area contributed by atoms with Crippen LogP contribution in [-0.4, -0.2) is 53.0 Å². The first kappa shape index (κ1) is 25.3. The Labute approximate surface area is 218 Å². The van der Waals surface area contributed by atoms with Crippen LogP contribution in [0.4, 0.5) is 0 Å². The number of hydrogen-bond donors (Lipinski definition) is 1. The molecule has 196 valence electrons. The molecule has 2 aromatic carbocycles. The topological polar surface area (TPSA) is 126 Å². The maximum Gasteiger partial charge on any atom is 0.332 e. The molecule has 0 saturated carbocycles. The lowest BCUT2D eigenvalue weighted by Crippen LogP contribution is -2.42. The van der Waals surface area contributed by atoms with Gasteiger partial charge in [-0.3, -0.25) is 13.9 Å². The molecule has 0 amide bonds. The Morgan fingerprint density at radius 2 is 1.71 bits per heavy atom. The number of tetrazole rings is 1. The van der Waals surface area contributed by atoms with Crippen LogP contribution in [0.15, 0.2) is 58.1 Å². The van der Waals surface area contributed by atoms with E-state index in [1.165, 1.54) is 4.57 Å². The summed E-state index contributed by atoms with van der Waals surface area (Å²) < 4.78 is 9.91. The van der Waals surface area contributed by atoms with Crippen molar-refractivity contribution in [2.75, 3.05) is 13.7 Å². The zero-order valence-corrected chi connectivity index (χ0v) is 21.9. The summed E-state index contributed by atoms with van der Waals surface area (Å²) in [6.07, 6.45) is 0. The Balaban J connectivity index is 1.55. The van der Waals surface area contributed by atoms with Gasteiger partial charge in [0.25, 0.3) is 5.56 Å². The van der Waals surface area contributed by atoms with E-state index in [0.29, 0.717) is 35.9 Å². The van der Waals surface area contributed by atoms with Gasteiger partial charge in [0.15, 0.2) is 17.0 Å². The third kappa shape index (κ3) is 4.68. The molecule has 0 aliphatic rings. The van der Waals surface area contributed by atoms with Gasteiger partial charge in [0, 0.05) is 25.8 Å². The fourth-order valence-corrected chi connectivity index (χ4v) is 4.69. The van der Waals surface area contributed by atoms with Crippen molar-refractivity contribution >= 4 is 11.2 Å². The molecule has 0 radical (unpaired) electrons. The number of methoxy groups -OCH3 is 1. The predicted molar refractivity (Wildman–Crippen MR) is 144 cm³/mol. The first-order chi connectivity index (χ1) is 18.4. The van der Waals surface area contributed by atoms with Crippen LogP contribution in [0.5, 0.6) is 0 Å². The highest BCUT2D eigenvalue weighted by Gasteiger charge is 2.21. The number of ether oxygens (including phenoxy) is 1. The van der Waals surface area contributed by atoms with Crippen LogP contribution >= 0.6 is 0 Å². The van der Waals surface area contributed by atoms with E-state index in [0.717, 1.165) is 22.3 Å². The van der Waals surface area contributed by atoms with Gasteiger partial charge in [0.2, 0.25) is 0 Å². The van der Waals surface area contributed by atoms with Crippen molar-refractivity contribution in [3.63, 3.8) is 0 Å². The average Bonchev–Trinajstić information content (AvgIpc) is 3.56. The Morgan fingerprint density at radius 1 is 0.974 bits per heavy atom. The van der Waals surface area contributed by atoms with Gasteiger partial charge in [-0.15, -0.1) is 5.10 Å². The fraction of sp³-hybridized carbons (Fsp3) is 0.333. The smallest absolute Gasteiger partial charge is 0.332 e. The number of rotatable bonds is 9. The maximum atomic E-state index is 13.5. The highest BCUT2D eigenvalue weighted by molar-refractivity contribution is 5.80. The van der Waals surface area contributed by atoms with Crippen molar-refractivity contribution in [2.24, 2.45) is 5.92 Å². The first-order valence-electron chi connectivity index (χ1n) is 12.5. The Kier molecular flexibility index (Phi) is 7.01. The van der Waals surface area contributed by atoms with Crippen molar-refractivity contribution < 1.29 is 4.74 Å². The number of aromatic nitrogens is 8. The third-order valence-electron chi connectivity index (χ3n) is 6.51. The summed E-state index contributed by atoms with van der Waals surface area (Å²) in [4.78, 5) is 31.4. The molecular formula is C27H30N8O3. The molecule has 5 rings (SSSR count). The second kappa shape index (κ2) is 10.5. The third-order valence-corrected chi connectivity index (χ3v) is 6.51. The van der Waals surface area contributed by atoms with Crippen LogP contribution in [-0.2, 0) is 24.4 Å². The van der Waals surface area contributed by atoms with E-state index in [4.69, 9.17) is 4.74 Å². The average molecular weight is 515 g/mol. The number of imidazole rings is 1. The number of aromatic amines is 1. The Hall–Kier alpha value is -4.38. The van der Waals surface area contributed by atoms with Gasteiger partial charge in [0.1, 0.15) is 5.82 Å². The molecular weight excluding hydrogens is 484 g/mol.